The van der Waals surface area contributed by atoms with Crippen molar-refractivity contribution in [2.45, 2.75) is 13.3 Å². The van der Waals surface area contributed by atoms with E-state index in [1.807, 2.05) is 4.91 Å². The Morgan fingerprint density at radius 1 is 0.528 bits per heavy atom. The molecule has 0 fully saturated rings. The van der Waals surface area contributed by atoms with E-state index >= 15 is 0 Å². The van der Waals surface area contributed by atoms with Gasteiger partial charge in [-0.25, -0.2) is 0 Å². The van der Waals surface area contributed by atoms with Gasteiger partial charge in [0.2, 0.25) is 4.91 Å². The van der Waals surface area contributed by atoms with Crippen molar-refractivity contribution in [1.82, 2.24) is 4.91 Å². The van der Waals surface area contributed by atoms with Crippen LogP contribution in [-0.2, 0) is 42.7 Å². The molecule has 15 nitrogen and oxygen atoms in total. The average Bonchev–Trinajstić information content (AvgIpc) is 2.87. The third kappa shape index (κ3) is 49.5. The van der Waals surface area contributed by atoms with Gasteiger partial charge < -0.3 is 53.2 Å². The Bertz CT molecular complexity index is 418. The number of carbonyl (C=O) groups is 1. The highest BCUT2D eigenvalue weighted by atomic mass is 16.6. The van der Waals surface area contributed by atoms with E-state index in [9.17, 15) is 4.79 Å². The Balaban J connectivity index is -0.00000118. The molecule has 0 bridgehead atoms. The molecule has 0 saturated heterocycles. The number of carboxylic acids is 1. The second-order valence-electron chi connectivity index (χ2n) is 6.21. The quantitative estimate of drug-likeness (QED) is 0.0551. The van der Waals surface area contributed by atoms with Gasteiger partial charge >= 0.3 is 5.97 Å². The lowest BCUT2D eigenvalue weighted by molar-refractivity contribution is -0.136. The van der Waals surface area contributed by atoms with E-state index in [0.717, 1.165) is 0 Å². The lowest BCUT2D eigenvalue weighted by Crippen LogP contribution is -2.15. The third-order valence-electron chi connectivity index (χ3n) is 3.38. The highest BCUT2D eigenvalue weighted by Gasteiger charge is 1.95. The zero-order valence-electron chi connectivity index (χ0n) is 21.4. The van der Waals surface area contributed by atoms with Crippen LogP contribution in [-0.4, -0.2) is 140 Å². The van der Waals surface area contributed by atoms with Crippen LogP contribution in [0.1, 0.15) is 13.3 Å². The van der Waals surface area contributed by atoms with Gasteiger partial charge in [0.25, 0.3) is 0 Å². The van der Waals surface area contributed by atoms with Gasteiger partial charge in [-0.3, -0.25) is 4.79 Å². The average molecular weight is 533 g/mol. The van der Waals surface area contributed by atoms with Crippen LogP contribution in [0.15, 0.2) is 0 Å². The maximum atomic E-state index is 9.37. The number of aliphatic hydroxyl groups is 2. The topological polar surface area (TPSA) is 213 Å². The summed E-state index contributed by atoms with van der Waals surface area (Å²) in [6.07, 6.45) is 0.222. The fraction of sp³-hybridized carbons (Fsp3) is 0.952. The summed E-state index contributed by atoms with van der Waals surface area (Å²) in [6.45, 7) is 9.39. The highest BCUT2D eigenvalue weighted by molar-refractivity contribution is 5.66. The van der Waals surface area contributed by atoms with Crippen molar-refractivity contribution >= 4 is 5.97 Å². The number of nitrogens with one attached hydrogen (secondary N) is 2. The van der Waals surface area contributed by atoms with E-state index in [4.69, 9.17) is 64.3 Å². The highest BCUT2D eigenvalue weighted by Crippen LogP contribution is 1.85. The Hall–Kier alpha value is -1.62. The molecule has 0 atom stereocenters. The molecule has 15 heteroatoms. The van der Waals surface area contributed by atoms with Crippen molar-refractivity contribution in [3.63, 3.8) is 0 Å². The van der Waals surface area contributed by atoms with Crippen molar-refractivity contribution in [3.8, 4) is 0 Å². The van der Waals surface area contributed by atoms with Crippen LogP contribution >= 0.6 is 0 Å². The molecule has 0 aliphatic rings. The monoisotopic (exact) mass is 532 g/mol. The Kier molecular flexibility index (Phi) is 43.8. The Morgan fingerprint density at radius 2 is 0.667 bits per heavy atom. The fourth-order valence-corrected chi connectivity index (χ4v) is 1.77. The largest absolute Gasteiger partial charge is 0.481 e. The van der Waals surface area contributed by atoms with Crippen molar-refractivity contribution in [3.05, 3.63) is 0 Å². The zero-order chi connectivity index (χ0) is 27.4. The molecular formula is C21H46N3O12+. The molecule has 0 aliphatic carbocycles. The van der Waals surface area contributed by atoms with Crippen LogP contribution in [0.4, 0.5) is 0 Å². The number of nitrogens with zero attached hydrogens (tertiary/aromatic N) is 1. The summed E-state index contributed by atoms with van der Waals surface area (Å²) in [6, 6.07) is 0. The lowest BCUT2D eigenvalue weighted by Gasteiger charge is -2.08. The van der Waals surface area contributed by atoms with Gasteiger partial charge in [0, 0.05) is 6.42 Å². The van der Waals surface area contributed by atoms with Gasteiger partial charge in [0.1, 0.15) is 11.1 Å². The summed E-state index contributed by atoms with van der Waals surface area (Å²) < 4.78 is 42.2. The predicted molar refractivity (Wildman–Crippen MR) is 126 cm³/mol. The van der Waals surface area contributed by atoms with E-state index < -0.39 is 5.97 Å². The molecule has 216 valence electrons. The standard InChI is InChI=1S/C18H38O10.C3H6O2.H2N3/c19-1-3-21-5-7-23-9-11-25-13-15-27-17-18-28-16-14-26-12-10-24-8-6-22-4-2-20;1-2-3(4)5;1-3-2/h19-20H,1-18H2;2H2,1H3,(H,4,5);1-2H/q;;+1. The minimum absolute atomic E-state index is 0.0294. The van der Waals surface area contributed by atoms with E-state index in [1.54, 1.807) is 6.92 Å². The SMILES string of the molecule is CCC(=O)O.N=[N+]=N.OCCOCCOCCOCCOCCOCCOCCOCCOCCO. The number of aliphatic carboxylic acids is 1. The molecule has 0 saturated carbocycles. The summed E-state index contributed by atoms with van der Waals surface area (Å²) in [5, 5.41) is 24.8. The molecule has 0 aliphatic heterocycles. The summed E-state index contributed by atoms with van der Waals surface area (Å²) >= 11 is 0. The van der Waals surface area contributed by atoms with E-state index in [-0.39, 0.29) is 19.6 Å². The van der Waals surface area contributed by atoms with Crippen molar-refractivity contribution in [2.75, 3.05) is 119 Å². The number of ether oxygens (including phenoxy) is 8. The molecule has 0 aromatic rings. The maximum Gasteiger partial charge on any atom is 0.303 e. The first-order chi connectivity index (χ1) is 17.6. The van der Waals surface area contributed by atoms with Gasteiger partial charge in [0.05, 0.1) is 119 Å². The number of rotatable bonds is 26. The second-order valence-corrected chi connectivity index (χ2v) is 6.21. The van der Waals surface area contributed by atoms with Crippen LogP contribution in [0, 0.1) is 11.1 Å². The molecule has 0 unspecified atom stereocenters. The molecule has 0 rings (SSSR count). The number of hydrogen-bond donors (Lipinski definition) is 5. The smallest absolute Gasteiger partial charge is 0.303 e. The number of hydrogen-bond acceptors (Lipinski definition) is 13. The third-order valence-corrected chi connectivity index (χ3v) is 3.38. The number of carboxylic acid groups (broad SMARTS) is 1. The van der Waals surface area contributed by atoms with E-state index in [0.29, 0.717) is 106 Å². The molecule has 0 spiro atoms. The summed E-state index contributed by atoms with van der Waals surface area (Å²) in [4.78, 5) is 11.4. The van der Waals surface area contributed by atoms with Gasteiger partial charge in [-0.1, -0.05) is 6.92 Å². The second kappa shape index (κ2) is 40.5. The minimum Gasteiger partial charge on any atom is -0.481 e. The van der Waals surface area contributed by atoms with Crippen LogP contribution in [0.2, 0.25) is 0 Å². The molecule has 0 amide bonds. The molecule has 0 aromatic heterocycles. The van der Waals surface area contributed by atoms with Crippen LogP contribution in [0.25, 0.3) is 0 Å². The summed E-state index contributed by atoms with van der Waals surface area (Å²) in [5.74, 6) is -0.745. The Morgan fingerprint density at radius 3 is 0.778 bits per heavy atom. The van der Waals surface area contributed by atoms with Crippen molar-refractivity contribution in [1.29, 1.82) is 11.1 Å². The van der Waals surface area contributed by atoms with Crippen molar-refractivity contribution in [2.24, 2.45) is 0 Å². The molecular weight excluding hydrogens is 486 g/mol. The normalized spacial score (nSPS) is 10.1. The van der Waals surface area contributed by atoms with Crippen molar-refractivity contribution < 1.29 is 58.0 Å². The Labute approximate surface area is 212 Å². The lowest BCUT2D eigenvalue weighted by atomic mass is 10.5. The van der Waals surface area contributed by atoms with Gasteiger partial charge in [0.15, 0.2) is 0 Å². The number of aliphatic hydroxyl groups excluding tert-OH is 2. The fourth-order valence-electron chi connectivity index (χ4n) is 1.77. The molecule has 0 heterocycles. The van der Waals surface area contributed by atoms with Crippen LogP contribution in [0.5, 0.6) is 0 Å². The van der Waals surface area contributed by atoms with Gasteiger partial charge in [-0.05, 0) is 0 Å². The van der Waals surface area contributed by atoms with Crippen LogP contribution in [0.3, 0.4) is 0 Å². The molecule has 0 aromatic carbocycles. The summed E-state index contributed by atoms with van der Waals surface area (Å²) in [5.41, 5.74) is 11.0. The zero-order valence-corrected chi connectivity index (χ0v) is 21.4. The van der Waals surface area contributed by atoms with E-state index in [2.05, 4.69) is 0 Å². The minimum atomic E-state index is -0.745. The first-order valence-electron chi connectivity index (χ1n) is 11.7. The van der Waals surface area contributed by atoms with Crippen LogP contribution < -0.4 is 4.91 Å². The molecule has 36 heavy (non-hydrogen) atoms. The first kappa shape index (κ1) is 38.9. The first-order valence-corrected chi connectivity index (χ1v) is 11.7. The summed E-state index contributed by atoms with van der Waals surface area (Å²) in [7, 11) is 0. The van der Waals surface area contributed by atoms with E-state index in [1.165, 1.54) is 0 Å². The maximum absolute atomic E-state index is 9.37. The molecule has 0 radical (unpaired) electrons. The van der Waals surface area contributed by atoms with Gasteiger partial charge in [-0.15, -0.1) is 0 Å². The molecule has 5 N–H and O–H groups in total. The predicted octanol–water partition coefficient (Wildman–Crippen LogP) is -0.300. The van der Waals surface area contributed by atoms with Gasteiger partial charge in [-0.2, -0.15) is 0 Å².